The van der Waals surface area contributed by atoms with E-state index in [0.717, 1.165) is 32.5 Å². The Hall–Kier alpha value is -0.120. The number of rotatable bonds is 2. The molecular weight excluding hydrogens is 178 g/mol. The van der Waals surface area contributed by atoms with Crippen LogP contribution >= 0.6 is 0 Å². The van der Waals surface area contributed by atoms with Gasteiger partial charge in [-0.25, -0.2) is 0 Å². The molecule has 0 saturated carbocycles. The molecule has 0 aromatic carbocycles. The highest BCUT2D eigenvalue weighted by atomic mass is 16.5. The summed E-state index contributed by atoms with van der Waals surface area (Å²) in [5.74, 6) is 0. The number of aliphatic hydroxyl groups is 1. The van der Waals surface area contributed by atoms with Crippen molar-refractivity contribution in [2.24, 2.45) is 0 Å². The second kappa shape index (κ2) is 3.19. The average molecular weight is 199 g/mol. The molecule has 3 nitrogen and oxygen atoms in total. The highest BCUT2D eigenvalue weighted by Crippen LogP contribution is 2.31. The third kappa shape index (κ3) is 2.27. The van der Waals surface area contributed by atoms with Gasteiger partial charge in [0.25, 0.3) is 0 Å². The monoisotopic (exact) mass is 199 g/mol. The van der Waals surface area contributed by atoms with Crippen LogP contribution in [0, 0.1) is 0 Å². The highest BCUT2D eigenvalue weighted by molar-refractivity contribution is 4.93. The van der Waals surface area contributed by atoms with Crippen molar-refractivity contribution in [2.45, 2.75) is 50.9 Å². The third-order valence-corrected chi connectivity index (χ3v) is 3.14. The van der Waals surface area contributed by atoms with Crippen LogP contribution in [-0.2, 0) is 4.74 Å². The minimum Gasteiger partial charge on any atom is -0.388 e. The van der Waals surface area contributed by atoms with E-state index in [2.05, 4.69) is 18.7 Å². The molecule has 0 aromatic rings. The Kier molecular flexibility index (Phi) is 2.37. The van der Waals surface area contributed by atoms with Crippen LogP contribution in [0.15, 0.2) is 0 Å². The van der Waals surface area contributed by atoms with Crippen molar-refractivity contribution in [1.29, 1.82) is 0 Å². The van der Waals surface area contributed by atoms with Crippen molar-refractivity contribution in [3.63, 3.8) is 0 Å². The van der Waals surface area contributed by atoms with Gasteiger partial charge in [-0.05, 0) is 33.6 Å². The van der Waals surface area contributed by atoms with E-state index in [9.17, 15) is 5.11 Å². The molecule has 2 heterocycles. The predicted octanol–water partition coefficient (Wildman–Crippen LogP) is 1.01. The highest BCUT2D eigenvalue weighted by Gasteiger charge is 2.40. The Morgan fingerprint density at radius 2 is 2.00 bits per heavy atom. The van der Waals surface area contributed by atoms with Gasteiger partial charge in [0.05, 0.1) is 17.3 Å². The van der Waals surface area contributed by atoms with Crippen molar-refractivity contribution in [2.75, 3.05) is 19.6 Å². The summed E-state index contributed by atoms with van der Waals surface area (Å²) < 4.78 is 5.90. The van der Waals surface area contributed by atoms with E-state index in [1.165, 1.54) is 0 Å². The maximum atomic E-state index is 9.58. The molecule has 1 atom stereocenters. The van der Waals surface area contributed by atoms with E-state index >= 15 is 0 Å². The van der Waals surface area contributed by atoms with Crippen LogP contribution in [0.25, 0.3) is 0 Å². The molecule has 0 bridgehead atoms. The van der Waals surface area contributed by atoms with Gasteiger partial charge < -0.3 is 9.84 Å². The first kappa shape index (κ1) is 10.4. The molecule has 0 radical (unpaired) electrons. The van der Waals surface area contributed by atoms with Crippen LogP contribution in [0.3, 0.4) is 0 Å². The first-order chi connectivity index (χ1) is 6.36. The lowest BCUT2D eigenvalue weighted by Crippen LogP contribution is -2.61. The number of hydrogen-bond acceptors (Lipinski definition) is 3. The lowest BCUT2D eigenvalue weighted by Gasteiger charge is -2.45. The summed E-state index contributed by atoms with van der Waals surface area (Å²) >= 11 is 0. The lowest BCUT2D eigenvalue weighted by atomic mass is 9.96. The number of likely N-dealkylation sites (tertiary alicyclic amines) is 1. The maximum Gasteiger partial charge on any atom is 0.0872 e. The summed E-state index contributed by atoms with van der Waals surface area (Å²) in [6.07, 6.45) is 2.69. The number of β-amino-alcohol motifs (C(OH)–C–C–N with tert-alkyl or cyclic N) is 1. The van der Waals surface area contributed by atoms with E-state index in [4.69, 9.17) is 4.74 Å². The van der Waals surface area contributed by atoms with Gasteiger partial charge >= 0.3 is 0 Å². The zero-order valence-electron chi connectivity index (χ0n) is 9.42. The van der Waals surface area contributed by atoms with Gasteiger partial charge in [-0.2, -0.15) is 0 Å². The number of ether oxygens (including phenoxy) is 1. The van der Waals surface area contributed by atoms with Crippen molar-refractivity contribution in [3.8, 4) is 0 Å². The van der Waals surface area contributed by atoms with Crippen molar-refractivity contribution < 1.29 is 9.84 Å². The molecule has 14 heavy (non-hydrogen) atoms. The molecule has 2 saturated heterocycles. The minimum absolute atomic E-state index is 0.0675. The molecule has 0 aliphatic carbocycles. The van der Waals surface area contributed by atoms with Crippen LogP contribution in [0.2, 0.25) is 0 Å². The molecule has 0 amide bonds. The Morgan fingerprint density at radius 3 is 2.43 bits per heavy atom. The van der Waals surface area contributed by atoms with Crippen LogP contribution < -0.4 is 0 Å². The standard InChI is InChI=1S/C11H21NO2/c1-10(2)5-4-9(14-10)6-12-7-11(3,13)8-12/h9,13H,4-8H2,1-3H3. The molecule has 2 rings (SSSR count). The van der Waals surface area contributed by atoms with E-state index in [0.29, 0.717) is 6.10 Å². The SMILES string of the molecule is CC1(O)CN(CC2CCC(C)(C)O2)C1. The van der Waals surface area contributed by atoms with Gasteiger partial charge in [0.15, 0.2) is 0 Å². The van der Waals surface area contributed by atoms with E-state index in [-0.39, 0.29) is 5.60 Å². The van der Waals surface area contributed by atoms with Crippen LogP contribution in [0.4, 0.5) is 0 Å². The zero-order valence-corrected chi connectivity index (χ0v) is 9.42. The fourth-order valence-corrected chi connectivity index (χ4v) is 2.54. The van der Waals surface area contributed by atoms with Gasteiger partial charge in [-0.15, -0.1) is 0 Å². The normalized spacial score (nSPS) is 35.6. The molecule has 3 heteroatoms. The summed E-state index contributed by atoms with van der Waals surface area (Å²) in [5, 5.41) is 9.58. The van der Waals surface area contributed by atoms with Crippen molar-refractivity contribution >= 4 is 0 Å². The van der Waals surface area contributed by atoms with Gasteiger partial charge in [-0.1, -0.05) is 0 Å². The summed E-state index contributed by atoms with van der Waals surface area (Å²) in [7, 11) is 0. The molecule has 2 aliphatic rings. The van der Waals surface area contributed by atoms with Gasteiger partial charge in [0, 0.05) is 19.6 Å². The largest absolute Gasteiger partial charge is 0.388 e. The second-order valence-electron chi connectivity index (χ2n) is 5.70. The summed E-state index contributed by atoms with van der Waals surface area (Å²) in [6.45, 7) is 8.78. The van der Waals surface area contributed by atoms with E-state index < -0.39 is 5.60 Å². The van der Waals surface area contributed by atoms with Crippen molar-refractivity contribution in [1.82, 2.24) is 4.90 Å². The van der Waals surface area contributed by atoms with Crippen LogP contribution in [0.1, 0.15) is 33.6 Å². The van der Waals surface area contributed by atoms with Gasteiger partial charge in [0.2, 0.25) is 0 Å². The average Bonchev–Trinajstić information content (AvgIpc) is 2.26. The lowest BCUT2D eigenvalue weighted by molar-refractivity contribution is -0.108. The van der Waals surface area contributed by atoms with Gasteiger partial charge in [-0.3, -0.25) is 4.90 Å². The molecule has 0 spiro atoms. The van der Waals surface area contributed by atoms with Gasteiger partial charge in [0.1, 0.15) is 0 Å². The summed E-state index contributed by atoms with van der Waals surface area (Å²) in [6, 6.07) is 0. The Morgan fingerprint density at radius 1 is 1.36 bits per heavy atom. The quantitative estimate of drug-likeness (QED) is 0.720. The fourth-order valence-electron chi connectivity index (χ4n) is 2.54. The topological polar surface area (TPSA) is 32.7 Å². The molecule has 2 fully saturated rings. The molecule has 2 aliphatic heterocycles. The first-order valence-electron chi connectivity index (χ1n) is 5.49. The number of nitrogens with zero attached hydrogens (tertiary/aromatic N) is 1. The Balaban J connectivity index is 1.73. The smallest absolute Gasteiger partial charge is 0.0872 e. The van der Waals surface area contributed by atoms with Crippen LogP contribution in [-0.4, -0.2) is 46.9 Å². The Bertz CT molecular complexity index is 217. The zero-order chi connectivity index (χ0) is 10.4. The fraction of sp³-hybridized carbons (Fsp3) is 1.00. The first-order valence-corrected chi connectivity index (χ1v) is 5.49. The third-order valence-electron chi connectivity index (χ3n) is 3.14. The van der Waals surface area contributed by atoms with E-state index in [1.54, 1.807) is 0 Å². The molecular formula is C11H21NO2. The second-order valence-corrected chi connectivity index (χ2v) is 5.70. The minimum atomic E-state index is -0.450. The molecule has 0 aromatic heterocycles. The van der Waals surface area contributed by atoms with Crippen LogP contribution in [0.5, 0.6) is 0 Å². The molecule has 1 unspecified atom stereocenters. The summed E-state index contributed by atoms with van der Waals surface area (Å²) in [4.78, 5) is 2.27. The summed E-state index contributed by atoms with van der Waals surface area (Å²) in [5.41, 5.74) is -0.383. The predicted molar refractivity (Wildman–Crippen MR) is 55.2 cm³/mol. The number of hydrogen-bond donors (Lipinski definition) is 1. The van der Waals surface area contributed by atoms with E-state index in [1.807, 2.05) is 6.92 Å². The molecule has 82 valence electrons. The maximum absolute atomic E-state index is 9.58. The molecule has 1 N–H and O–H groups in total. The Labute approximate surface area is 86.0 Å². The van der Waals surface area contributed by atoms with Crippen molar-refractivity contribution in [3.05, 3.63) is 0 Å².